The van der Waals surface area contributed by atoms with Crippen molar-refractivity contribution in [2.75, 3.05) is 39.5 Å². The highest BCUT2D eigenvalue weighted by atomic mass is 16.5. The summed E-state index contributed by atoms with van der Waals surface area (Å²) in [6.07, 6.45) is 0. The molecule has 0 N–H and O–H groups in total. The Bertz CT molecular complexity index is 608. The average Bonchev–Trinajstić information content (AvgIpc) is 3.00. The zero-order chi connectivity index (χ0) is 15.9. The SMILES string of the molecule is Cc1cc(COc2ccccc2OCCN2CCOCC2)no1. The molecule has 3 rings (SSSR count). The average molecular weight is 318 g/mol. The lowest BCUT2D eigenvalue weighted by Crippen LogP contribution is -2.38. The number of aryl methyl sites for hydroxylation is 1. The highest BCUT2D eigenvalue weighted by Gasteiger charge is 2.11. The maximum atomic E-state index is 5.88. The Kier molecular flexibility index (Phi) is 5.50. The zero-order valence-corrected chi connectivity index (χ0v) is 13.4. The summed E-state index contributed by atoms with van der Waals surface area (Å²) in [6.45, 7) is 7.28. The van der Waals surface area contributed by atoms with E-state index in [0.717, 1.165) is 55.8 Å². The van der Waals surface area contributed by atoms with Crippen molar-refractivity contribution in [3.8, 4) is 11.5 Å². The van der Waals surface area contributed by atoms with Crippen LogP contribution in [0, 0.1) is 6.92 Å². The largest absolute Gasteiger partial charge is 0.488 e. The first-order chi connectivity index (χ1) is 11.3. The van der Waals surface area contributed by atoms with Crippen LogP contribution >= 0.6 is 0 Å². The fraction of sp³-hybridized carbons (Fsp3) is 0.471. The van der Waals surface area contributed by atoms with Crippen LogP contribution in [0.2, 0.25) is 0 Å². The van der Waals surface area contributed by atoms with E-state index in [9.17, 15) is 0 Å². The second-order valence-electron chi connectivity index (χ2n) is 5.47. The quantitative estimate of drug-likeness (QED) is 0.780. The molecule has 1 fully saturated rings. The molecule has 2 aromatic rings. The van der Waals surface area contributed by atoms with Crippen molar-refractivity contribution < 1.29 is 18.7 Å². The summed E-state index contributed by atoms with van der Waals surface area (Å²) in [5.41, 5.74) is 0.769. The van der Waals surface area contributed by atoms with Gasteiger partial charge in [-0.2, -0.15) is 0 Å². The number of aromatic nitrogens is 1. The van der Waals surface area contributed by atoms with Crippen molar-refractivity contribution in [1.29, 1.82) is 0 Å². The molecular formula is C17H22N2O4. The van der Waals surface area contributed by atoms with Crippen LogP contribution in [0.3, 0.4) is 0 Å². The molecule has 0 amide bonds. The van der Waals surface area contributed by atoms with Gasteiger partial charge in [0.15, 0.2) is 11.5 Å². The molecule has 1 aromatic heterocycles. The molecule has 6 nitrogen and oxygen atoms in total. The molecule has 0 aliphatic carbocycles. The molecule has 0 atom stereocenters. The van der Waals surface area contributed by atoms with E-state index in [1.807, 2.05) is 37.3 Å². The van der Waals surface area contributed by atoms with E-state index in [4.69, 9.17) is 18.7 Å². The van der Waals surface area contributed by atoms with E-state index >= 15 is 0 Å². The van der Waals surface area contributed by atoms with Gasteiger partial charge in [0, 0.05) is 25.7 Å². The van der Waals surface area contributed by atoms with Crippen LogP contribution in [0.5, 0.6) is 11.5 Å². The van der Waals surface area contributed by atoms with Gasteiger partial charge in [0.25, 0.3) is 0 Å². The Morgan fingerprint density at radius 3 is 2.57 bits per heavy atom. The highest BCUT2D eigenvalue weighted by Crippen LogP contribution is 2.27. The maximum absolute atomic E-state index is 5.88. The number of hydrogen-bond donors (Lipinski definition) is 0. The predicted octanol–water partition coefficient (Wildman–Crippen LogP) is 2.27. The van der Waals surface area contributed by atoms with Gasteiger partial charge in [-0.1, -0.05) is 17.3 Å². The topological polar surface area (TPSA) is 57.0 Å². The summed E-state index contributed by atoms with van der Waals surface area (Å²) < 4.78 is 22.1. The zero-order valence-electron chi connectivity index (χ0n) is 13.4. The molecule has 0 spiro atoms. The van der Waals surface area contributed by atoms with Crippen molar-refractivity contribution >= 4 is 0 Å². The number of benzene rings is 1. The third kappa shape index (κ3) is 4.71. The fourth-order valence-corrected chi connectivity index (χ4v) is 2.44. The summed E-state index contributed by atoms with van der Waals surface area (Å²) in [6, 6.07) is 9.55. The Morgan fingerprint density at radius 2 is 1.87 bits per heavy atom. The van der Waals surface area contributed by atoms with Gasteiger partial charge in [-0.15, -0.1) is 0 Å². The van der Waals surface area contributed by atoms with Crippen LogP contribution in [0.15, 0.2) is 34.9 Å². The van der Waals surface area contributed by atoms with Crippen LogP contribution in [0.25, 0.3) is 0 Å². The molecule has 23 heavy (non-hydrogen) atoms. The monoisotopic (exact) mass is 318 g/mol. The Balaban J connectivity index is 1.50. The molecule has 1 aliphatic rings. The number of morpholine rings is 1. The van der Waals surface area contributed by atoms with E-state index in [-0.39, 0.29) is 0 Å². The number of nitrogens with zero attached hydrogens (tertiary/aromatic N) is 2. The van der Waals surface area contributed by atoms with Gasteiger partial charge in [0.1, 0.15) is 24.7 Å². The van der Waals surface area contributed by atoms with Crippen molar-refractivity contribution in [3.63, 3.8) is 0 Å². The molecule has 0 saturated carbocycles. The van der Waals surface area contributed by atoms with Gasteiger partial charge in [-0.05, 0) is 19.1 Å². The number of ether oxygens (including phenoxy) is 3. The molecule has 1 saturated heterocycles. The van der Waals surface area contributed by atoms with Crippen LogP contribution in [0.1, 0.15) is 11.5 Å². The molecule has 0 unspecified atom stereocenters. The number of hydrogen-bond acceptors (Lipinski definition) is 6. The van der Waals surface area contributed by atoms with Crippen molar-refractivity contribution in [2.24, 2.45) is 0 Å². The Hall–Kier alpha value is -2.05. The third-order valence-electron chi connectivity index (χ3n) is 3.67. The van der Waals surface area contributed by atoms with Crippen LogP contribution in [0.4, 0.5) is 0 Å². The lowest BCUT2D eigenvalue weighted by Gasteiger charge is -2.26. The fourth-order valence-electron chi connectivity index (χ4n) is 2.44. The standard InChI is InChI=1S/C17H22N2O4/c1-14-12-15(18-23-14)13-22-17-5-3-2-4-16(17)21-11-8-19-6-9-20-10-7-19/h2-5,12H,6-11,13H2,1H3. The normalized spacial score (nSPS) is 15.5. The van der Waals surface area contributed by atoms with E-state index in [1.165, 1.54) is 0 Å². The first kappa shape index (κ1) is 15.8. The van der Waals surface area contributed by atoms with Gasteiger partial charge in [-0.3, -0.25) is 4.90 Å². The Morgan fingerprint density at radius 1 is 1.13 bits per heavy atom. The van der Waals surface area contributed by atoms with E-state index in [2.05, 4.69) is 10.1 Å². The summed E-state index contributed by atoms with van der Waals surface area (Å²) in [5.74, 6) is 2.25. The van der Waals surface area contributed by atoms with Crippen LogP contribution in [-0.4, -0.2) is 49.5 Å². The molecule has 6 heteroatoms. The second kappa shape index (κ2) is 7.99. The molecule has 1 aromatic carbocycles. The molecule has 0 radical (unpaired) electrons. The van der Waals surface area contributed by atoms with Gasteiger partial charge in [0.05, 0.1) is 13.2 Å². The minimum absolute atomic E-state index is 0.362. The molecular weight excluding hydrogens is 296 g/mol. The first-order valence-corrected chi connectivity index (χ1v) is 7.88. The smallest absolute Gasteiger partial charge is 0.161 e. The van der Waals surface area contributed by atoms with Crippen molar-refractivity contribution in [3.05, 3.63) is 41.8 Å². The van der Waals surface area contributed by atoms with Crippen LogP contribution in [-0.2, 0) is 11.3 Å². The van der Waals surface area contributed by atoms with E-state index in [0.29, 0.717) is 13.2 Å². The van der Waals surface area contributed by atoms with E-state index in [1.54, 1.807) is 0 Å². The number of para-hydroxylation sites is 2. The first-order valence-electron chi connectivity index (χ1n) is 7.88. The summed E-state index contributed by atoms with van der Waals surface area (Å²) in [7, 11) is 0. The van der Waals surface area contributed by atoms with Gasteiger partial charge in [0.2, 0.25) is 0 Å². The highest BCUT2D eigenvalue weighted by molar-refractivity contribution is 5.39. The number of rotatable bonds is 7. The minimum Gasteiger partial charge on any atom is -0.488 e. The molecule has 1 aliphatic heterocycles. The van der Waals surface area contributed by atoms with Gasteiger partial charge < -0.3 is 18.7 Å². The summed E-state index contributed by atoms with van der Waals surface area (Å²) in [4.78, 5) is 2.34. The van der Waals surface area contributed by atoms with Crippen molar-refractivity contribution in [1.82, 2.24) is 10.1 Å². The lowest BCUT2D eigenvalue weighted by atomic mass is 10.3. The predicted molar refractivity (Wildman–Crippen MR) is 84.8 cm³/mol. The van der Waals surface area contributed by atoms with Gasteiger partial charge in [-0.25, -0.2) is 0 Å². The lowest BCUT2D eigenvalue weighted by molar-refractivity contribution is 0.0320. The minimum atomic E-state index is 0.362. The molecule has 124 valence electrons. The maximum Gasteiger partial charge on any atom is 0.161 e. The summed E-state index contributed by atoms with van der Waals surface area (Å²) >= 11 is 0. The van der Waals surface area contributed by atoms with Crippen molar-refractivity contribution in [2.45, 2.75) is 13.5 Å². The third-order valence-corrected chi connectivity index (χ3v) is 3.67. The molecule has 0 bridgehead atoms. The molecule has 2 heterocycles. The van der Waals surface area contributed by atoms with Crippen LogP contribution < -0.4 is 9.47 Å². The van der Waals surface area contributed by atoms with Gasteiger partial charge >= 0.3 is 0 Å². The van der Waals surface area contributed by atoms with E-state index < -0.39 is 0 Å². The Labute approximate surface area is 135 Å². The second-order valence-corrected chi connectivity index (χ2v) is 5.47. The summed E-state index contributed by atoms with van der Waals surface area (Å²) in [5, 5.41) is 3.92.